The van der Waals surface area contributed by atoms with E-state index in [1.165, 1.54) is 17.5 Å². The van der Waals surface area contributed by atoms with Gasteiger partial charge in [-0.1, -0.05) is 6.92 Å². The molecule has 0 aliphatic carbocycles. The number of nitrogens with one attached hydrogen (secondary N) is 3. The van der Waals surface area contributed by atoms with Crippen LogP contribution in [0.1, 0.15) is 23.9 Å². The summed E-state index contributed by atoms with van der Waals surface area (Å²) in [6.45, 7) is 3.69. The van der Waals surface area contributed by atoms with Crippen molar-refractivity contribution < 1.29 is 8.42 Å². The molecule has 2 aromatic heterocycles. The fraction of sp³-hybridized carbons (Fsp3) is 0.500. The number of thiazole rings is 1. The lowest BCUT2D eigenvalue weighted by atomic mass is 10.3. The highest BCUT2D eigenvalue weighted by atomic mass is 32.2. The van der Waals surface area contributed by atoms with Gasteiger partial charge in [0, 0.05) is 36.7 Å². The van der Waals surface area contributed by atoms with E-state index in [1.807, 2.05) is 5.38 Å². The van der Waals surface area contributed by atoms with Crippen LogP contribution in [0.3, 0.4) is 0 Å². The van der Waals surface area contributed by atoms with Crippen molar-refractivity contribution in [3.8, 4) is 0 Å². The average molecular weight is 329 g/mol. The lowest BCUT2D eigenvalue weighted by molar-refractivity contribution is 0.574. The van der Waals surface area contributed by atoms with Gasteiger partial charge in [0.15, 0.2) is 5.03 Å². The van der Waals surface area contributed by atoms with Crippen molar-refractivity contribution in [3.63, 3.8) is 0 Å². The predicted molar refractivity (Wildman–Crippen MR) is 81.6 cm³/mol. The Kier molecular flexibility index (Phi) is 5.85. The zero-order chi connectivity index (χ0) is 15.1. The summed E-state index contributed by atoms with van der Waals surface area (Å²) in [7, 11) is -3.57. The van der Waals surface area contributed by atoms with Crippen LogP contribution in [0.5, 0.6) is 0 Å². The van der Waals surface area contributed by atoms with Gasteiger partial charge in [0.05, 0.1) is 11.2 Å². The molecule has 0 aliphatic heterocycles. The highest BCUT2D eigenvalue weighted by Gasteiger charge is 2.20. The Bertz CT molecular complexity index is 636. The maximum absolute atomic E-state index is 12.2. The van der Waals surface area contributed by atoms with Gasteiger partial charge in [0.2, 0.25) is 0 Å². The third kappa shape index (κ3) is 4.60. The van der Waals surface area contributed by atoms with Crippen LogP contribution in [-0.4, -0.2) is 36.7 Å². The Labute approximate surface area is 128 Å². The van der Waals surface area contributed by atoms with E-state index < -0.39 is 10.0 Å². The van der Waals surface area contributed by atoms with E-state index in [0.29, 0.717) is 25.1 Å². The Hall–Kier alpha value is -1.29. The third-order valence-electron chi connectivity index (χ3n) is 2.80. The second-order valence-corrected chi connectivity index (χ2v) is 7.16. The minimum atomic E-state index is -3.57. The van der Waals surface area contributed by atoms with Gasteiger partial charge in [-0.25, -0.2) is 18.1 Å². The molecule has 2 aromatic rings. The van der Waals surface area contributed by atoms with E-state index >= 15 is 0 Å². The second-order valence-electron chi connectivity index (χ2n) is 4.47. The van der Waals surface area contributed by atoms with Crippen molar-refractivity contribution >= 4 is 21.4 Å². The second kappa shape index (κ2) is 7.64. The quantitative estimate of drug-likeness (QED) is 0.593. The molecule has 0 aliphatic rings. The SMILES string of the molecule is CCCNCc1cn[nH]c1S(=O)(=O)NCCc1nccs1. The first kappa shape index (κ1) is 16.1. The van der Waals surface area contributed by atoms with Crippen molar-refractivity contribution in [1.29, 1.82) is 0 Å². The molecule has 0 fully saturated rings. The van der Waals surface area contributed by atoms with Crippen LogP contribution >= 0.6 is 11.3 Å². The molecule has 0 atom stereocenters. The van der Waals surface area contributed by atoms with Gasteiger partial charge in [-0.3, -0.25) is 5.10 Å². The molecule has 21 heavy (non-hydrogen) atoms. The average Bonchev–Trinajstić information content (AvgIpc) is 3.10. The summed E-state index contributed by atoms with van der Waals surface area (Å²) in [4.78, 5) is 4.12. The first-order valence-corrected chi connectivity index (χ1v) is 9.10. The van der Waals surface area contributed by atoms with Gasteiger partial charge in [0.1, 0.15) is 0 Å². The number of hydrogen-bond donors (Lipinski definition) is 3. The summed E-state index contributed by atoms with van der Waals surface area (Å²) in [5.41, 5.74) is 0.644. The van der Waals surface area contributed by atoms with Crippen molar-refractivity contribution in [1.82, 2.24) is 25.2 Å². The fourth-order valence-electron chi connectivity index (χ4n) is 1.80. The van der Waals surface area contributed by atoms with Gasteiger partial charge >= 0.3 is 0 Å². The highest BCUT2D eigenvalue weighted by Crippen LogP contribution is 2.12. The topological polar surface area (TPSA) is 99.8 Å². The van der Waals surface area contributed by atoms with Crippen LogP contribution in [0, 0.1) is 0 Å². The van der Waals surface area contributed by atoms with Crippen LogP contribution in [0.4, 0.5) is 0 Å². The molecular weight excluding hydrogens is 310 g/mol. The summed E-state index contributed by atoms with van der Waals surface area (Å²) in [6, 6.07) is 0. The van der Waals surface area contributed by atoms with E-state index in [9.17, 15) is 8.42 Å². The molecule has 3 N–H and O–H groups in total. The van der Waals surface area contributed by atoms with Crippen molar-refractivity contribution in [2.45, 2.75) is 31.3 Å². The molecular formula is C12H19N5O2S2. The first-order chi connectivity index (χ1) is 10.1. The Morgan fingerprint density at radius 2 is 2.24 bits per heavy atom. The zero-order valence-electron chi connectivity index (χ0n) is 11.8. The summed E-state index contributed by atoms with van der Waals surface area (Å²) in [5.74, 6) is 0. The van der Waals surface area contributed by atoms with Gasteiger partial charge in [-0.05, 0) is 13.0 Å². The molecule has 0 spiro atoms. The lowest BCUT2D eigenvalue weighted by Gasteiger charge is -2.07. The molecule has 0 amide bonds. The van der Waals surface area contributed by atoms with Crippen LogP contribution in [0.2, 0.25) is 0 Å². The number of rotatable bonds is 9. The van der Waals surface area contributed by atoms with Gasteiger partial charge in [0.25, 0.3) is 10.0 Å². The fourth-order valence-corrected chi connectivity index (χ4v) is 3.58. The van der Waals surface area contributed by atoms with E-state index in [2.05, 4.69) is 32.1 Å². The number of nitrogens with zero attached hydrogens (tertiary/aromatic N) is 2. The standard InChI is InChI=1S/C12H19N5O2S2/c1-2-4-13-8-10-9-15-17-12(10)21(18,19)16-5-3-11-14-6-7-20-11/h6-7,9,13,16H,2-5,8H2,1H3,(H,15,17). The monoisotopic (exact) mass is 329 g/mol. The smallest absolute Gasteiger partial charge is 0.257 e. The molecule has 0 saturated heterocycles. The number of aromatic amines is 1. The zero-order valence-corrected chi connectivity index (χ0v) is 13.4. The number of sulfonamides is 1. The van der Waals surface area contributed by atoms with Gasteiger partial charge in [-0.2, -0.15) is 5.10 Å². The first-order valence-electron chi connectivity index (χ1n) is 6.74. The molecule has 0 aromatic carbocycles. The maximum Gasteiger partial charge on any atom is 0.257 e. The van der Waals surface area contributed by atoms with Gasteiger partial charge in [-0.15, -0.1) is 11.3 Å². The van der Waals surface area contributed by atoms with E-state index in [4.69, 9.17) is 0 Å². The predicted octanol–water partition coefficient (Wildman–Crippen LogP) is 0.887. The number of hydrogen-bond acceptors (Lipinski definition) is 6. The Balaban J connectivity index is 1.94. The van der Waals surface area contributed by atoms with Crippen molar-refractivity contribution in [3.05, 3.63) is 28.3 Å². The third-order valence-corrected chi connectivity index (χ3v) is 5.12. The molecule has 0 saturated carbocycles. The molecule has 116 valence electrons. The van der Waals surface area contributed by atoms with Crippen LogP contribution in [0.15, 0.2) is 22.8 Å². The van der Waals surface area contributed by atoms with E-state index in [1.54, 1.807) is 6.20 Å². The van der Waals surface area contributed by atoms with Crippen LogP contribution < -0.4 is 10.0 Å². The molecule has 2 rings (SSSR count). The van der Waals surface area contributed by atoms with E-state index in [-0.39, 0.29) is 5.03 Å². The molecule has 0 unspecified atom stereocenters. The number of H-pyrrole nitrogens is 1. The molecule has 0 radical (unpaired) electrons. The van der Waals surface area contributed by atoms with Crippen LogP contribution in [0.25, 0.3) is 0 Å². The summed E-state index contributed by atoms with van der Waals surface area (Å²) in [5, 5.41) is 12.5. The largest absolute Gasteiger partial charge is 0.313 e. The van der Waals surface area contributed by atoms with Crippen LogP contribution in [-0.2, 0) is 23.0 Å². The van der Waals surface area contributed by atoms with E-state index in [0.717, 1.165) is 18.0 Å². The van der Waals surface area contributed by atoms with Crippen molar-refractivity contribution in [2.75, 3.05) is 13.1 Å². The normalized spacial score (nSPS) is 11.9. The Morgan fingerprint density at radius 1 is 1.38 bits per heavy atom. The van der Waals surface area contributed by atoms with Crippen molar-refractivity contribution in [2.24, 2.45) is 0 Å². The minimum Gasteiger partial charge on any atom is -0.313 e. The van der Waals surface area contributed by atoms with Gasteiger partial charge < -0.3 is 5.32 Å². The maximum atomic E-state index is 12.2. The highest BCUT2D eigenvalue weighted by molar-refractivity contribution is 7.89. The summed E-state index contributed by atoms with van der Waals surface area (Å²) < 4.78 is 27.1. The lowest BCUT2D eigenvalue weighted by Crippen LogP contribution is -2.28. The minimum absolute atomic E-state index is 0.130. The molecule has 7 nitrogen and oxygen atoms in total. The number of aromatic nitrogens is 3. The summed E-state index contributed by atoms with van der Waals surface area (Å²) >= 11 is 1.51. The Morgan fingerprint density at radius 3 is 2.95 bits per heavy atom. The summed E-state index contributed by atoms with van der Waals surface area (Å²) in [6.07, 6.45) is 4.82. The molecule has 2 heterocycles. The molecule has 9 heteroatoms. The molecule has 0 bridgehead atoms.